The number of piperazine rings is 1. The molecule has 1 saturated heterocycles. The largest absolute Gasteiger partial charge is 0.354 e. The van der Waals surface area contributed by atoms with Crippen LogP contribution in [0.3, 0.4) is 0 Å². The summed E-state index contributed by atoms with van der Waals surface area (Å²) in [5.74, 6) is 1.55. The molecule has 45 heavy (non-hydrogen) atoms. The first kappa shape index (κ1) is 30.3. The normalized spacial score (nSPS) is 13.6. The zero-order valence-corrected chi connectivity index (χ0v) is 26.1. The third-order valence-corrected chi connectivity index (χ3v) is 8.70. The van der Waals surface area contributed by atoms with Crippen LogP contribution in [-0.4, -0.2) is 53.5 Å². The molecule has 1 aliphatic rings. The van der Waals surface area contributed by atoms with E-state index < -0.39 is 0 Å². The first-order chi connectivity index (χ1) is 22.2. The van der Waals surface area contributed by atoms with Gasteiger partial charge < -0.3 is 10.2 Å². The molecule has 2 heterocycles. The van der Waals surface area contributed by atoms with Crippen LogP contribution in [0, 0.1) is 0 Å². The summed E-state index contributed by atoms with van der Waals surface area (Å²) in [7, 11) is 0. The molecule has 4 aromatic carbocycles. The molecule has 0 spiro atoms. The van der Waals surface area contributed by atoms with E-state index in [1.165, 1.54) is 5.56 Å². The number of anilines is 1. The SMILES string of the molecule is O=C(NCc1ccccc1)c1cccc(CSc2nc(-c3ccccc3)cc(N3CCN(CC=Cc4ccccc4)CC3)n2)c1. The summed E-state index contributed by atoms with van der Waals surface area (Å²) in [5, 5.41) is 3.76. The van der Waals surface area contributed by atoms with E-state index in [9.17, 15) is 4.79 Å². The second-order valence-corrected chi connectivity index (χ2v) is 12.0. The fourth-order valence-corrected chi connectivity index (χ4v) is 6.08. The lowest BCUT2D eigenvalue weighted by atomic mass is 10.1. The third kappa shape index (κ3) is 8.69. The van der Waals surface area contributed by atoms with Crippen molar-refractivity contribution in [3.63, 3.8) is 0 Å². The average Bonchev–Trinajstić information content (AvgIpc) is 3.11. The summed E-state index contributed by atoms with van der Waals surface area (Å²) in [4.78, 5) is 27.7. The van der Waals surface area contributed by atoms with E-state index in [4.69, 9.17) is 9.97 Å². The van der Waals surface area contributed by atoms with E-state index in [1.54, 1.807) is 11.8 Å². The molecule has 1 fully saturated rings. The summed E-state index contributed by atoms with van der Waals surface area (Å²) in [6.07, 6.45) is 4.44. The summed E-state index contributed by atoms with van der Waals surface area (Å²) < 4.78 is 0. The molecule has 0 bridgehead atoms. The number of hydrogen-bond acceptors (Lipinski definition) is 6. The number of thioether (sulfide) groups is 1. The maximum atomic E-state index is 12.9. The Kier molecular flexibility index (Phi) is 10.3. The van der Waals surface area contributed by atoms with Crippen molar-refractivity contribution in [1.29, 1.82) is 0 Å². The zero-order valence-electron chi connectivity index (χ0n) is 25.3. The molecule has 1 amide bonds. The first-order valence-electron chi connectivity index (χ1n) is 15.4. The van der Waals surface area contributed by atoms with Gasteiger partial charge >= 0.3 is 0 Å². The fraction of sp³-hybridized carbons (Fsp3) is 0.184. The Morgan fingerprint density at radius 2 is 1.44 bits per heavy atom. The highest BCUT2D eigenvalue weighted by atomic mass is 32.2. The van der Waals surface area contributed by atoms with Crippen molar-refractivity contribution in [1.82, 2.24) is 20.2 Å². The van der Waals surface area contributed by atoms with Gasteiger partial charge in [-0.3, -0.25) is 9.69 Å². The van der Waals surface area contributed by atoms with E-state index in [2.05, 4.69) is 69.7 Å². The number of nitrogens with zero attached hydrogens (tertiary/aromatic N) is 4. The van der Waals surface area contributed by atoms with E-state index in [0.717, 1.165) is 66.1 Å². The number of rotatable bonds is 11. The van der Waals surface area contributed by atoms with Crippen LogP contribution in [0.5, 0.6) is 0 Å². The number of nitrogens with one attached hydrogen (secondary N) is 1. The van der Waals surface area contributed by atoms with E-state index in [1.807, 2.05) is 78.9 Å². The van der Waals surface area contributed by atoms with Crippen LogP contribution >= 0.6 is 11.8 Å². The highest BCUT2D eigenvalue weighted by Gasteiger charge is 2.19. The minimum atomic E-state index is -0.0787. The lowest BCUT2D eigenvalue weighted by molar-refractivity contribution is 0.0951. The molecule has 0 aliphatic carbocycles. The van der Waals surface area contributed by atoms with E-state index >= 15 is 0 Å². The van der Waals surface area contributed by atoms with Gasteiger partial charge in [0.25, 0.3) is 5.91 Å². The monoisotopic (exact) mass is 611 g/mol. The van der Waals surface area contributed by atoms with Crippen LogP contribution in [0.25, 0.3) is 17.3 Å². The third-order valence-electron chi connectivity index (χ3n) is 7.78. The molecule has 7 heteroatoms. The van der Waals surface area contributed by atoms with E-state index in [0.29, 0.717) is 17.9 Å². The first-order valence-corrected chi connectivity index (χ1v) is 16.4. The number of benzene rings is 4. The highest BCUT2D eigenvalue weighted by Crippen LogP contribution is 2.28. The van der Waals surface area contributed by atoms with Crippen LogP contribution in [0.4, 0.5) is 5.82 Å². The van der Waals surface area contributed by atoms with Crippen LogP contribution < -0.4 is 10.2 Å². The van der Waals surface area contributed by atoms with Gasteiger partial charge in [0.15, 0.2) is 5.16 Å². The van der Waals surface area contributed by atoms with Gasteiger partial charge in [0.2, 0.25) is 0 Å². The number of carbonyl (C=O) groups is 1. The van der Waals surface area contributed by atoms with Crippen molar-refractivity contribution in [2.45, 2.75) is 17.5 Å². The molecule has 5 aromatic rings. The Balaban J connectivity index is 1.11. The molecule has 0 saturated carbocycles. The summed E-state index contributed by atoms with van der Waals surface area (Å²) in [6.45, 7) is 5.21. The molecule has 0 unspecified atom stereocenters. The molecular formula is C38H37N5OS. The van der Waals surface area contributed by atoms with Gasteiger partial charge in [-0.15, -0.1) is 0 Å². The molecule has 226 valence electrons. The number of amides is 1. The Labute approximate surface area is 269 Å². The lowest BCUT2D eigenvalue weighted by Gasteiger charge is -2.35. The molecule has 1 aliphatic heterocycles. The Morgan fingerprint density at radius 3 is 2.20 bits per heavy atom. The predicted octanol–water partition coefficient (Wildman–Crippen LogP) is 7.20. The van der Waals surface area contributed by atoms with Gasteiger partial charge in [-0.1, -0.05) is 127 Å². The minimum absolute atomic E-state index is 0.0787. The molecule has 0 radical (unpaired) electrons. The van der Waals surface area contributed by atoms with Crippen molar-refractivity contribution >= 4 is 29.6 Å². The average molecular weight is 612 g/mol. The molecule has 6 rings (SSSR count). The van der Waals surface area contributed by atoms with Gasteiger partial charge in [-0.25, -0.2) is 9.97 Å². The van der Waals surface area contributed by atoms with Crippen molar-refractivity contribution in [3.05, 3.63) is 150 Å². The van der Waals surface area contributed by atoms with Crippen molar-refractivity contribution in [2.24, 2.45) is 0 Å². The quantitative estimate of drug-likeness (QED) is 0.126. The Morgan fingerprint density at radius 1 is 0.756 bits per heavy atom. The van der Waals surface area contributed by atoms with E-state index in [-0.39, 0.29) is 5.91 Å². The van der Waals surface area contributed by atoms with Gasteiger partial charge in [0.1, 0.15) is 5.82 Å². The highest BCUT2D eigenvalue weighted by molar-refractivity contribution is 7.98. The predicted molar refractivity (Wildman–Crippen MR) is 185 cm³/mol. The van der Waals surface area contributed by atoms with Crippen molar-refractivity contribution < 1.29 is 4.79 Å². The van der Waals surface area contributed by atoms with Crippen LogP contribution in [-0.2, 0) is 12.3 Å². The fourth-order valence-electron chi connectivity index (χ4n) is 5.29. The number of aromatic nitrogens is 2. The van der Waals surface area contributed by atoms with Gasteiger partial charge in [-0.05, 0) is 28.8 Å². The van der Waals surface area contributed by atoms with Gasteiger partial charge in [0.05, 0.1) is 5.69 Å². The van der Waals surface area contributed by atoms with Crippen molar-refractivity contribution in [2.75, 3.05) is 37.6 Å². The lowest BCUT2D eigenvalue weighted by Crippen LogP contribution is -2.46. The van der Waals surface area contributed by atoms with Crippen LogP contribution in [0.15, 0.2) is 133 Å². The molecule has 1 aromatic heterocycles. The molecule has 0 atom stereocenters. The molecular weight excluding hydrogens is 575 g/mol. The second-order valence-electron chi connectivity index (χ2n) is 11.0. The molecule has 1 N–H and O–H groups in total. The van der Waals surface area contributed by atoms with Gasteiger partial charge in [-0.2, -0.15) is 0 Å². The topological polar surface area (TPSA) is 61.4 Å². The van der Waals surface area contributed by atoms with Crippen molar-refractivity contribution in [3.8, 4) is 11.3 Å². The maximum absolute atomic E-state index is 12.9. The number of hydrogen-bond donors (Lipinski definition) is 1. The second kappa shape index (κ2) is 15.3. The van der Waals surface area contributed by atoms with Crippen LogP contribution in [0.1, 0.15) is 27.0 Å². The Bertz CT molecular complexity index is 1700. The summed E-state index contributed by atoms with van der Waals surface area (Å²) in [6, 6.07) is 40.6. The Hall–Kier alpha value is -4.72. The maximum Gasteiger partial charge on any atom is 0.251 e. The summed E-state index contributed by atoms with van der Waals surface area (Å²) >= 11 is 1.60. The number of carbonyl (C=O) groups excluding carboxylic acids is 1. The summed E-state index contributed by atoms with van der Waals surface area (Å²) in [5.41, 5.74) is 6.01. The smallest absolute Gasteiger partial charge is 0.251 e. The minimum Gasteiger partial charge on any atom is -0.354 e. The van der Waals surface area contributed by atoms with Crippen LogP contribution in [0.2, 0.25) is 0 Å². The molecule has 6 nitrogen and oxygen atoms in total. The standard InChI is InChI=1S/C38H37N5OS/c44-37(39-28-31-14-6-2-7-15-31)34-20-10-16-32(26-34)29-45-38-40-35(33-18-8-3-9-19-33)27-36(41-38)43-24-22-42(23-25-43)21-11-17-30-12-4-1-5-13-30/h1-20,26-27H,21-25,28-29H2,(H,39,44). The zero-order chi connectivity index (χ0) is 30.7. The van der Waals surface area contributed by atoms with Gasteiger partial charge in [0, 0.05) is 62.2 Å².